The molecule has 1 rings (SSSR count). The number of hydrogen-bond donors (Lipinski definition) is 2. The lowest BCUT2D eigenvalue weighted by molar-refractivity contribution is -0.126. The SMILES string of the molecule is CCCC(C(=O)NN)N(C)Cc1ccc(F)cc1. The van der Waals surface area contributed by atoms with Crippen molar-refractivity contribution in [2.45, 2.75) is 32.4 Å². The van der Waals surface area contributed by atoms with Crippen LogP contribution >= 0.6 is 0 Å². The van der Waals surface area contributed by atoms with Gasteiger partial charge in [-0.05, 0) is 31.2 Å². The molecule has 0 aliphatic carbocycles. The fourth-order valence-corrected chi connectivity index (χ4v) is 1.91. The quantitative estimate of drug-likeness (QED) is 0.458. The molecule has 1 atom stereocenters. The molecule has 3 N–H and O–H groups in total. The first-order valence-electron chi connectivity index (χ1n) is 6.03. The number of amides is 1. The van der Waals surface area contributed by atoms with Crippen molar-refractivity contribution in [2.24, 2.45) is 5.84 Å². The van der Waals surface area contributed by atoms with Gasteiger partial charge in [0, 0.05) is 6.54 Å². The third kappa shape index (κ3) is 4.09. The Morgan fingerprint density at radius 1 is 1.44 bits per heavy atom. The number of nitrogens with two attached hydrogens (primary N) is 1. The lowest BCUT2D eigenvalue weighted by atomic mass is 10.1. The molecule has 0 saturated heterocycles. The highest BCUT2D eigenvalue weighted by Crippen LogP contribution is 2.11. The standard InChI is InChI=1S/C13H20FN3O/c1-3-4-12(13(18)16-15)17(2)9-10-5-7-11(14)8-6-10/h5-8,12H,3-4,9,15H2,1-2H3,(H,16,18). The summed E-state index contributed by atoms with van der Waals surface area (Å²) in [7, 11) is 1.86. The molecule has 1 aromatic rings. The summed E-state index contributed by atoms with van der Waals surface area (Å²) in [6.07, 6.45) is 1.63. The molecule has 4 nitrogen and oxygen atoms in total. The average Bonchev–Trinajstić information content (AvgIpc) is 2.37. The molecule has 0 aliphatic rings. The van der Waals surface area contributed by atoms with Gasteiger partial charge < -0.3 is 0 Å². The van der Waals surface area contributed by atoms with Gasteiger partial charge in [0.15, 0.2) is 0 Å². The van der Waals surface area contributed by atoms with E-state index >= 15 is 0 Å². The van der Waals surface area contributed by atoms with Crippen LogP contribution < -0.4 is 11.3 Å². The predicted octanol–water partition coefficient (Wildman–Crippen LogP) is 1.42. The Balaban J connectivity index is 2.68. The van der Waals surface area contributed by atoms with Crippen LogP contribution in [0.4, 0.5) is 4.39 Å². The zero-order valence-corrected chi connectivity index (χ0v) is 10.8. The lowest BCUT2D eigenvalue weighted by Gasteiger charge is -2.26. The number of likely N-dealkylation sites (N-methyl/N-ethyl adjacent to an activating group) is 1. The van der Waals surface area contributed by atoms with Crippen LogP contribution in [0, 0.1) is 5.82 Å². The minimum atomic E-state index is -0.259. The van der Waals surface area contributed by atoms with Gasteiger partial charge in [0.05, 0.1) is 6.04 Å². The Morgan fingerprint density at radius 2 is 2.06 bits per heavy atom. The van der Waals surface area contributed by atoms with Crippen LogP contribution in [-0.2, 0) is 11.3 Å². The minimum Gasteiger partial charge on any atom is -0.293 e. The highest BCUT2D eigenvalue weighted by atomic mass is 19.1. The van der Waals surface area contributed by atoms with Gasteiger partial charge >= 0.3 is 0 Å². The van der Waals surface area contributed by atoms with E-state index in [1.165, 1.54) is 12.1 Å². The summed E-state index contributed by atoms with van der Waals surface area (Å²) < 4.78 is 12.8. The Hall–Kier alpha value is -1.46. The fraction of sp³-hybridized carbons (Fsp3) is 0.462. The van der Waals surface area contributed by atoms with Crippen LogP contribution in [0.25, 0.3) is 0 Å². The molecule has 0 bridgehead atoms. The molecule has 0 heterocycles. The minimum absolute atomic E-state index is 0.193. The number of carbonyl (C=O) groups is 1. The first kappa shape index (κ1) is 14.6. The smallest absolute Gasteiger partial charge is 0.251 e. The van der Waals surface area contributed by atoms with E-state index in [1.54, 1.807) is 12.1 Å². The van der Waals surface area contributed by atoms with Gasteiger partial charge in [0.1, 0.15) is 5.82 Å². The molecule has 0 aromatic heterocycles. The molecule has 1 aromatic carbocycles. The maximum Gasteiger partial charge on any atom is 0.251 e. The molecular weight excluding hydrogens is 233 g/mol. The van der Waals surface area contributed by atoms with Crippen molar-refractivity contribution in [2.75, 3.05) is 7.05 Å². The molecule has 100 valence electrons. The maximum atomic E-state index is 12.8. The largest absolute Gasteiger partial charge is 0.293 e. The van der Waals surface area contributed by atoms with Crippen molar-refractivity contribution >= 4 is 5.91 Å². The summed E-state index contributed by atoms with van der Waals surface area (Å²) in [6.45, 7) is 2.60. The van der Waals surface area contributed by atoms with Crippen LogP contribution in [0.3, 0.4) is 0 Å². The number of nitrogens with one attached hydrogen (secondary N) is 1. The van der Waals surface area contributed by atoms with Gasteiger partial charge in [-0.2, -0.15) is 0 Å². The van der Waals surface area contributed by atoms with Gasteiger partial charge in [0.25, 0.3) is 5.91 Å². The average molecular weight is 253 g/mol. The van der Waals surface area contributed by atoms with E-state index in [2.05, 4.69) is 5.43 Å². The third-order valence-electron chi connectivity index (χ3n) is 2.88. The van der Waals surface area contributed by atoms with E-state index in [1.807, 2.05) is 18.9 Å². The number of hydrazine groups is 1. The van der Waals surface area contributed by atoms with E-state index in [-0.39, 0.29) is 17.8 Å². The highest BCUT2D eigenvalue weighted by molar-refractivity contribution is 5.81. The van der Waals surface area contributed by atoms with Crippen molar-refractivity contribution in [3.63, 3.8) is 0 Å². The van der Waals surface area contributed by atoms with Crippen LogP contribution in [-0.4, -0.2) is 23.9 Å². The van der Waals surface area contributed by atoms with Crippen molar-refractivity contribution < 1.29 is 9.18 Å². The molecule has 0 radical (unpaired) electrons. The Morgan fingerprint density at radius 3 is 2.56 bits per heavy atom. The number of rotatable bonds is 6. The molecule has 18 heavy (non-hydrogen) atoms. The van der Waals surface area contributed by atoms with Gasteiger partial charge in [-0.3, -0.25) is 15.1 Å². The Bertz CT molecular complexity index is 380. The second-order valence-corrected chi connectivity index (χ2v) is 4.35. The van der Waals surface area contributed by atoms with Gasteiger partial charge in [-0.1, -0.05) is 25.5 Å². The topological polar surface area (TPSA) is 58.4 Å². The van der Waals surface area contributed by atoms with E-state index in [9.17, 15) is 9.18 Å². The van der Waals surface area contributed by atoms with E-state index in [0.29, 0.717) is 6.54 Å². The summed E-state index contributed by atoms with van der Waals surface area (Å²) >= 11 is 0. The normalized spacial score (nSPS) is 12.5. The first-order valence-corrected chi connectivity index (χ1v) is 6.03. The monoisotopic (exact) mass is 253 g/mol. The molecule has 1 unspecified atom stereocenters. The van der Waals surface area contributed by atoms with Crippen LogP contribution in [0.1, 0.15) is 25.3 Å². The Kier molecular flexibility index (Phi) is 5.74. The van der Waals surface area contributed by atoms with Crippen molar-refractivity contribution in [1.82, 2.24) is 10.3 Å². The molecule has 0 fully saturated rings. The van der Waals surface area contributed by atoms with Gasteiger partial charge in [-0.15, -0.1) is 0 Å². The predicted molar refractivity (Wildman–Crippen MR) is 68.9 cm³/mol. The van der Waals surface area contributed by atoms with E-state index in [4.69, 9.17) is 5.84 Å². The van der Waals surface area contributed by atoms with Gasteiger partial charge in [0.2, 0.25) is 0 Å². The summed E-state index contributed by atoms with van der Waals surface area (Å²) in [5, 5.41) is 0. The highest BCUT2D eigenvalue weighted by Gasteiger charge is 2.21. The number of nitrogens with zero attached hydrogens (tertiary/aromatic N) is 1. The van der Waals surface area contributed by atoms with Crippen molar-refractivity contribution in [3.8, 4) is 0 Å². The summed E-state index contributed by atoms with van der Waals surface area (Å²) in [5.41, 5.74) is 3.15. The van der Waals surface area contributed by atoms with E-state index < -0.39 is 0 Å². The number of benzene rings is 1. The maximum absolute atomic E-state index is 12.8. The second kappa shape index (κ2) is 7.08. The Labute approximate surface area is 107 Å². The first-order chi connectivity index (χ1) is 8.58. The van der Waals surface area contributed by atoms with Crippen LogP contribution in [0.2, 0.25) is 0 Å². The third-order valence-corrected chi connectivity index (χ3v) is 2.88. The second-order valence-electron chi connectivity index (χ2n) is 4.35. The van der Waals surface area contributed by atoms with E-state index in [0.717, 1.165) is 18.4 Å². The summed E-state index contributed by atoms with van der Waals surface area (Å²) in [6, 6.07) is 6.01. The molecule has 0 spiro atoms. The molecular formula is C13H20FN3O. The van der Waals surface area contributed by atoms with Crippen molar-refractivity contribution in [3.05, 3.63) is 35.6 Å². The van der Waals surface area contributed by atoms with Crippen molar-refractivity contribution in [1.29, 1.82) is 0 Å². The van der Waals surface area contributed by atoms with Gasteiger partial charge in [-0.25, -0.2) is 10.2 Å². The fourth-order valence-electron chi connectivity index (χ4n) is 1.91. The number of hydrogen-bond acceptors (Lipinski definition) is 3. The molecule has 5 heteroatoms. The zero-order chi connectivity index (χ0) is 13.5. The van der Waals surface area contributed by atoms with Crippen LogP contribution in [0.15, 0.2) is 24.3 Å². The number of halogens is 1. The molecule has 1 amide bonds. The summed E-state index contributed by atoms with van der Waals surface area (Å²) in [5.74, 6) is 4.73. The number of carbonyl (C=O) groups excluding carboxylic acids is 1. The summed E-state index contributed by atoms with van der Waals surface area (Å²) in [4.78, 5) is 13.6. The molecule has 0 saturated carbocycles. The van der Waals surface area contributed by atoms with Crippen LogP contribution in [0.5, 0.6) is 0 Å². The lowest BCUT2D eigenvalue weighted by Crippen LogP contribution is -2.47. The zero-order valence-electron chi connectivity index (χ0n) is 10.8. The molecule has 0 aliphatic heterocycles.